The quantitative estimate of drug-likeness (QED) is 0.855. The fourth-order valence-corrected chi connectivity index (χ4v) is 4.14. The third kappa shape index (κ3) is 4.43. The van der Waals surface area contributed by atoms with Crippen molar-refractivity contribution in [3.05, 3.63) is 40.6 Å². The van der Waals surface area contributed by atoms with Crippen LogP contribution >= 0.6 is 11.3 Å². The van der Waals surface area contributed by atoms with Crippen LogP contribution in [0, 0.1) is 0 Å². The fourth-order valence-electron chi connectivity index (χ4n) is 3.48. The van der Waals surface area contributed by atoms with Crippen LogP contribution in [0.1, 0.15) is 12.5 Å². The number of hydrogen-bond donors (Lipinski definition) is 1. The summed E-state index contributed by atoms with van der Waals surface area (Å²) in [4.78, 5) is 17.4. The minimum atomic E-state index is -0.165. The summed E-state index contributed by atoms with van der Waals surface area (Å²) >= 11 is 1.74. The zero-order chi connectivity index (χ0) is 18.6. The summed E-state index contributed by atoms with van der Waals surface area (Å²) in [6.07, 6.45) is 0. The van der Waals surface area contributed by atoms with E-state index in [1.165, 1.54) is 5.56 Å². The minimum absolute atomic E-state index is 0.0120. The highest BCUT2D eigenvalue weighted by atomic mass is 32.1. The Balaban J connectivity index is 1.29. The standard InChI is InChI=1S/C20H25N3O3S/c1-15(23-7-5-22(6-8-23)13-16-4-11-27-14-16)20(24)21-17-2-3-18-19(12-17)26-10-9-25-18/h2-4,11-12,14-15H,5-10,13H2,1H3,(H,21,24). The predicted octanol–water partition coefficient (Wildman–Crippen LogP) is 2.66. The zero-order valence-electron chi connectivity index (χ0n) is 15.5. The summed E-state index contributed by atoms with van der Waals surface area (Å²) in [5.74, 6) is 1.43. The van der Waals surface area contributed by atoms with Gasteiger partial charge >= 0.3 is 0 Å². The summed E-state index contributed by atoms with van der Waals surface area (Å²) < 4.78 is 11.1. The van der Waals surface area contributed by atoms with Crippen molar-refractivity contribution in [1.29, 1.82) is 0 Å². The Hall–Kier alpha value is -2.09. The molecule has 1 saturated heterocycles. The van der Waals surface area contributed by atoms with Gasteiger partial charge in [-0.1, -0.05) is 0 Å². The minimum Gasteiger partial charge on any atom is -0.486 e. The van der Waals surface area contributed by atoms with Crippen LogP contribution in [0.4, 0.5) is 5.69 Å². The van der Waals surface area contributed by atoms with Crippen molar-refractivity contribution in [2.24, 2.45) is 0 Å². The van der Waals surface area contributed by atoms with E-state index >= 15 is 0 Å². The van der Waals surface area contributed by atoms with Gasteiger partial charge in [0.05, 0.1) is 6.04 Å². The highest BCUT2D eigenvalue weighted by molar-refractivity contribution is 7.07. The molecule has 144 valence electrons. The molecule has 3 heterocycles. The largest absolute Gasteiger partial charge is 0.486 e. The van der Waals surface area contributed by atoms with Gasteiger partial charge < -0.3 is 14.8 Å². The number of rotatable bonds is 5. The van der Waals surface area contributed by atoms with Crippen molar-refractivity contribution in [3.63, 3.8) is 0 Å². The van der Waals surface area contributed by atoms with Crippen molar-refractivity contribution in [3.8, 4) is 11.5 Å². The molecule has 1 N–H and O–H groups in total. The predicted molar refractivity (Wildman–Crippen MR) is 107 cm³/mol. The molecule has 6 nitrogen and oxygen atoms in total. The molecule has 0 saturated carbocycles. The molecule has 1 amide bonds. The van der Waals surface area contributed by atoms with E-state index in [0.29, 0.717) is 19.0 Å². The van der Waals surface area contributed by atoms with E-state index < -0.39 is 0 Å². The Labute approximate surface area is 163 Å². The van der Waals surface area contributed by atoms with Crippen LogP contribution in [0.5, 0.6) is 11.5 Å². The van der Waals surface area contributed by atoms with E-state index in [4.69, 9.17) is 9.47 Å². The van der Waals surface area contributed by atoms with E-state index in [9.17, 15) is 4.79 Å². The molecule has 0 bridgehead atoms. The first-order valence-electron chi connectivity index (χ1n) is 9.37. The van der Waals surface area contributed by atoms with Gasteiger partial charge in [-0.15, -0.1) is 0 Å². The Morgan fingerprint density at radius 1 is 1.15 bits per heavy atom. The van der Waals surface area contributed by atoms with E-state index in [1.807, 2.05) is 25.1 Å². The van der Waals surface area contributed by atoms with Crippen molar-refractivity contribution < 1.29 is 14.3 Å². The number of nitrogens with one attached hydrogen (secondary N) is 1. The molecule has 1 atom stereocenters. The average molecular weight is 388 g/mol. The average Bonchev–Trinajstić information content (AvgIpc) is 3.21. The van der Waals surface area contributed by atoms with Gasteiger partial charge in [0.1, 0.15) is 13.2 Å². The summed E-state index contributed by atoms with van der Waals surface area (Å²) in [5, 5.41) is 7.33. The molecule has 1 fully saturated rings. The van der Waals surface area contributed by atoms with E-state index in [2.05, 4.69) is 31.9 Å². The molecule has 0 radical (unpaired) electrons. The molecule has 1 aromatic carbocycles. The molecule has 2 aliphatic heterocycles. The molecule has 7 heteroatoms. The summed E-state index contributed by atoms with van der Waals surface area (Å²) in [6.45, 7) is 7.84. The van der Waals surface area contributed by atoms with Crippen LogP contribution in [0.3, 0.4) is 0 Å². The monoisotopic (exact) mass is 387 g/mol. The highest BCUT2D eigenvalue weighted by Crippen LogP contribution is 2.32. The van der Waals surface area contributed by atoms with E-state index in [-0.39, 0.29) is 11.9 Å². The normalized spacial score (nSPS) is 18.9. The molecule has 1 unspecified atom stereocenters. The number of piperazine rings is 1. The van der Waals surface area contributed by atoms with Crippen LogP contribution in [0.2, 0.25) is 0 Å². The van der Waals surface area contributed by atoms with Crippen LogP contribution in [0.15, 0.2) is 35.0 Å². The summed E-state index contributed by atoms with van der Waals surface area (Å²) in [5.41, 5.74) is 2.12. The first kappa shape index (κ1) is 18.3. The number of anilines is 1. The van der Waals surface area contributed by atoms with Crippen LogP contribution in [0.25, 0.3) is 0 Å². The van der Waals surface area contributed by atoms with Crippen molar-refractivity contribution >= 4 is 22.9 Å². The zero-order valence-corrected chi connectivity index (χ0v) is 16.3. The first-order valence-corrected chi connectivity index (χ1v) is 10.3. The Kier molecular flexibility index (Phi) is 5.61. The molecular formula is C20H25N3O3S. The number of carbonyl (C=O) groups excluding carboxylic acids is 1. The third-order valence-corrected chi connectivity index (χ3v) is 5.86. The fraction of sp³-hybridized carbons (Fsp3) is 0.450. The van der Waals surface area contributed by atoms with Gasteiger partial charge in [-0.25, -0.2) is 0 Å². The number of ether oxygens (including phenoxy) is 2. The van der Waals surface area contributed by atoms with Gasteiger partial charge in [0.2, 0.25) is 5.91 Å². The Morgan fingerprint density at radius 3 is 2.67 bits per heavy atom. The lowest BCUT2D eigenvalue weighted by Crippen LogP contribution is -2.52. The van der Waals surface area contributed by atoms with Gasteiger partial charge in [0.15, 0.2) is 11.5 Å². The SMILES string of the molecule is CC(C(=O)Nc1ccc2c(c1)OCCO2)N1CCN(Cc2ccsc2)CC1. The molecular weight excluding hydrogens is 362 g/mol. The number of carbonyl (C=O) groups is 1. The lowest BCUT2D eigenvalue weighted by molar-refractivity contribution is -0.121. The summed E-state index contributed by atoms with van der Waals surface area (Å²) in [7, 11) is 0. The van der Waals surface area contributed by atoms with Crippen LogP contribution in [-0.4, -0.2) is 61.1 Å². The van der Waals surface area contributed by atoms with Crippen molar-refractivity contribution in [2.45, 2.75) is 19.5 Å². The number of fused-ring (bicyclic) bond motifs is 1. The molecule has 4 rings (SSSR count). The number of benzene rings is 1. The van der Waals surface area contributed by atoms with E-state index in [0.717, 1.165) is 44.2 Å². The smallest absolute Gasteiger partial charge is 0.241 e. The molecule has 1 aromatic heterocycles. The second kappa shape index (κ2) is 8.29. The van der Waals surface area contributed by atoms with Crippen molar-refractivity contribution in [1.82, 2.24) is 9.80 Å². The first-order chi connectivity index (χ1) is 13.2. The number of nitrogens with zero attached hydrogens (tertiary/aromatic N) is 2. The van der Waals surface area contributed by atoms with Gasteiger partial charge in [0, 0.05) is 44.5 Å². The number of hydrogen-bond acceptors (Lipinski definition) is 6. The van der Waals surface area contributed by atoms with Crippen LogP contribution < -0.4 is 14.8 Å². The molecule has 2 aromatic rings. The molecule has 27 heavy (non-hydrogen) atoms. The third-order valence-electron chi connectivity index (χ3n) is 5.13. The number of amides is 1. The van der Waals surface area contributed by atoms with E-state index in [1.54, 1.807) is 11.3 Å². The molecule has 0 aliphatic carbocycles. The summed E-state index contributed by atoms with van der Waals surface area (Å²) in [6, 6.07) is 7.55. The topological polar surface area (TPSA) is 54.0 Å². The van der Waals surface area contributed by atoms with Gasteiger partial charge in [-0.05, 0) is 41.4 Å². The molecule has 0 spiro atoms. The lowest BCUT2D eigenvalue weighted by atomic mass is 10.2. The maximum atomic E-state index is 12.7. The second-order valence-electron chi connectivity index (χ2n) is 6.97. The Morgan fingerprint density at radius 2 is 1.93 bits per heavy atom. The van der Waals surface area contributed by atoms with Crippen molar-refractivity contribution in [2.75, 3.05) is 44.7 Å². The van der Waals surface area contributed by atoms with Gasteiger partial charge in [0.25, 0.3) is 0 Å². The molecule has 2 aliphatic rings. The number of thiophene rings is 1. The maximum absolute atomic E-state index is 12.7. The highest BCUT2D eigenvalue weighted by Gasteiger charge is 2.26. The van der Waals surface area contributed by atoms with Crippen LogP contribution in [-0.2, 0) is 11.3 Å². The van der Waals surface area contributed by atoms with Gasteiger partial charge in [-0.2, -0.15) is 11.3 Å². The maximum Gasteiger partial charge on any atom is 0.241 e. The second-order valence-corrected chi connectivity index (χ2v) is 7.75. The van der Waals surface area contributed by atoms with Gasteiger partial charge in [-0.3, -0.25) is 14.6 Å². The lowest BCUT2D eigenvalue weighted by Gasteiger charge is -2.37. The Bertz CT molecular complexity index is 773.